The van der Waals surface area contributed by atoms with E-state index in [1.54, 1.807) is 0 Å². The van der Waals surface area contributed by atoms with Crippen LogP contribution in [0.15, 0.2) is 186 Å². The molecule has 59 heavy (non-hydrogen) atoms. The Labute approximate surface area is 345 Å². The number of benzene rings is 10. The molecule has 2 aromatic heterocycles. The van der Waals surface area contributed by atoms with Crippen molar-refractivity contribution in [2.24, 2.45) is 0 Å². The molecule has 0 aliphatic heterocycles. The van der Waals surface area contributed by atoms with Crippen molar-refractivity contribution in [3.8, 4) is 44.5 Å². The quantitative estimate of drug-likeness (QED) is 0.163. The molecule has 12 aromatic rings. The van der Waals surface area contributed by atoms with Gasteiger partial charge in [0.1, 0.15) is 11.2 Å². The Morgan fingerprint density at radius 3 is 1.75 bits per heavy atom. The lowest BCUT2D eigenvalue weighted by molar-refractivity contribution is 0.660. The van der Waals surface area contributed by atoms with E-state index in [9.17, 15) is 0 Å². The number of fused-ring (bicyclic) bond motifs is 14. The van der Waals surface area contributed by atoms with E-state index in [1.165, 1.54) is 119 Å². The third-order valence-corrected chi connectivity index (χ3v) is 14.5. The first kappa shape index (κ1) is 33.0. The number of thiophene rings is 1. The zero-order valence-electron chi connectivity index (χ0n) is 32.6. The van der Waals surface area contributed by atoms with Crippen LogP contribution in [0.2, 0.25) is 0 Å². The summed E-state index contributed by atoms with van der Waals surface area (Å²) in [5.41, 5.74) is 14.8. The lowest BCUT2D eigenvalue weighted by atomic mass is 9.80. The first-order chi connectivity index (χ1) is 29.0. The van der Waals surface area contributed by atoms with Crippen molar-refractivity contribution in [3.05, 3.63) is 193 Å². The molecule has 0 N–H and O–H groups in total. The van der Waals surface area contributed by atoms with Crippen LogP contribution < -0.4 is 0 Å². The fourth-order valence-corrected chi connectivity index (χ4v) is 11.9. The van der Waals surface area contributed by atoms with Crippen molar-refractivity contribution in [2.75, 3.05) is 0 Å². The van der Waals surface area contributed by atoms with Gasteiger partial charge in [0.05, 0.1) is 0 Å². The molecule has 1 aliphatic carbocycles. The molecule has 0 bridgehead atoms. The van der Waals surface area contributed by atoms with Gasteiger partial charge in [0.25, 0.3) is 0 Å². The molecule has 2 heteroatoms. The summed E-state index contributed by atoms with van der Waals surface area (Å²) < 4.78 is 8.98. The molecule has 0 saturated heterocycles. The summed E-state index contributed by atoms with van der Waals surface area (Å²) in [4.78, 5) is 0. The van der Waals surface area contributed by atoms with Crippen LogP contribution in [-0.2, 0) is 5.41 Å². The van der Waals surface area contributed by atoms with Crippen molar-refractivity contribution in [2.45, 2.75) is 19.3 Å². The summed E-state index contributed by atoms with van der Waals surface area (Å²) in [5.74, 6) is 0. The number of rotatable bonds is 3. The fourth-order valence-electron chi connectivity index (χ4n) is 10.5. The molecule has 0 atom stereocenters. The summed E-state index contributed by atoms with van der Waals surface area (Å²) in [6, 6.07) is 67.5. The topological polar surface area (TPSA) is 13.1 Å². The second kappa shape index (κ2) is 12.0. The zero-order chi connectivity index (χ0) is 39.0. The van der Waals surface area contributed by atoms with E-state index >= 15 is 0 Å². The first-order valence-electron chi connectivity index (χ1n) is 20.5. The molecule has 0 unspecified atom stereocenters. The third kappa shape index (κ3) is 4.55. The first-order valence-corrected chi connectivity index (χ1v) is 21.3. The van der Waals surface area contributed by atoms with Gasteiger partial charge in [-0.05, 0) is 119 Å². The molecule has 276 valence electrons. The van der Waals surface area contributed by atoms with Crippen molar-refractivity contribution >= 4 is 85.8 Å². The van der Waals surface area contributed by atoms with Crippen LogP contribution >= 0.6 is 11.3 Å². The molecule has 10 aromatic carbocycles. The summed E-state index contributed by atoms with van der Waals surface area (Å²) in [5, 5.41) is 12.7. The van der Waals surface area contributed by atoms with E-state index in [0.717, 1.165) is 11.2 Å². The standard InChI is InChI=1S/C57H36OS/c1-57(2)47-28-25-35(45-30-34-16-6-7-17-37(34)53-44-27-29-50-54(55(44)59-56(45)53)43-22-12-13-23-49(43)58-50)31-46(47)38-26-24-36(32-48(38)57)52-41-20-10-8-18-39(41)51(33-14-4-3-5-15-33)40-19-9-11-21-42(40)52/h3-32H,1-2H3. The summed E-state index contributed by atoms with van der Waals surface area (Å²) >= 11 is 1.91. The Hall–Kier alpha value is -7.00. The molecule has 0 spiro atoms. The third-order valence-electron chi connectivity index (χ3n) is 13.2. The maximum atomic E-state index is 6.37. The minimum atomic E-state index is -0.168. The van der Waals surface area contributed by atoms with Gasteiger partial charge in [-0.2, -0.15) is 0 Å². The van der Waals surface area contributed by atoms with Crippen molar-refractivity contribution in [1.82, 2.24) is 0 Å². The maximum absolute atomic E-state index is 6.37. The summed E-state index contributed by atoms with van der Waals surface area (Å²) in [7, 11) is 0. The largest absolute Gasteiger partial charge is 0.456 e. The van der Waals surface area contributed by atoms with Crippen molar-refractivity contribution in [3.63, 3.8) is 0 Å². The summed E-state index contributed by atoms with van der Waals surface area (Å²) in [6.45, 7) is 4.80. The smallest absolute Gasteiger partial charge is 0.136 e. The average Bonchev–Trinajstić information content (AvgIpc) is 3.93. The Bertz CT molecular complexity index is 3690. The van der Waals surface area contributed by atoms with Gasteiger partial charge in [-0.25, -0.2) is 0 Å². The van der Waals surface area contributed by atoms with Crippen molar-refractivity contribution < 1.29 is 4.42 Å². The SMILES string of the molecule is CC1(C)c2ccc(-c3cc4ccccc4c4c3sc3c4ccc4oc5ccccc5c43)cc2-c2ccc(-c3c4ccccc4c(-c4ccccc4)c4ccccc34)cc21. The Morgan fingerprint density at radius 1 is 0.373 bits per heavy atom. The summed E-state index contributed by atoms with van der Waals surface area (Å²) in [6.07, 6.45) is 0. The van der Waals surface area contributed by atoms with Crippen LogP contribution in [0.1, 0.15) is 25.0 Å². The van der Waals surface area contributed by atoms with E-state index in [1.807, 2.05) is 11.3 Å². The molecule has 0 amide bonds. The monoisotopic (exact) mass is 768 g/mol. The number of para-hydroxylation sites is 1. The molecule has 0 fully saturated rings. The van der Waals surface area contributed by atoms with Crippen LogP contribution in [0.25, 0.3) is 119 Å². The molecule has 2 heterocycles. The predicted octanol–water partition coefficient (Wildman–Crippen LogP) is 16.7. The number of hydrogen-bond donors (Lipinski definition) is 0. The highest BCUT2D eigenvalue weighted by Gasteiger charge is 2.36. The molecule has 0 radical (unpaired) electrons. The van der Waals surface area contributed by atoms with Crippen molar-refractivity contribution in [1.29, 1.82) is 0 Å². The van der Waals surface area contributed by atoms with Gasteiger partial charge in [0.2, 0.25) is 0 Å². The highest BCUT2D eigenvalue weighted by Crippen LogP contribution is 2.54. The Kier molecular flexibility index (Phi) is 6.73. The number of furan rings is 1. The highest BCUT2D eigenvalue weighted by molar-refractivity contribution is 7.27. The normalized spacial score (nSPS) is 13.4. The minimum Gasteiger partial charge on any atom is -0.456 e. The van der Waals surface area contributed by atoms with Gasteiger partial charge in [-0.15, -0.1) is 11.3 Å². The Balaban J connectivity index is 1.02. The van der Waals surface area contributed by atoms with E-state index in [0.29, 0.717) is 0 Å². The lowest BCUT2D eigenvalue weighted by Gasteiger charge is -2.23. The predicted molar refractivity (Wildman–Crippen MR) is 253 cm³/mol. The van der Waals surface area contributed by atoms with Gasteiger partial charge in [0, 0.05) is 41.9 Å². The van der Waals surface area contributed by atoms with Gasteiger partial charge < -0.3 is 4.42 Å². The van der Waals surface area contributed by atoms with Gasteiger partial charge >= 0.3 is 0 Å². The van der Waals surface area contributed by atoms with Crippen LogP contribution in [0.4, 0.5) is 0 Å². The van der Waals surface area contributed by atoms with Crippen LogP contribution in [0.5, 0.6) is 0 Å². The number of hydrogen-bond acceptors (Lipinski definition) is 2. The van der Waals surface area contributed by atoms with E-state index in [4.69, 9.17) is 4.42 Å². The second-order valence-corrected chi connectivity index (χ2v) is 17.7. The lowest BCUT2D eigenvalue weighted by Crippen LogP contribution is -2.15. The molecular weight excluding hydrogens is 733 g/mol. The zero-order valence-corrected chi connectivity index (χ0v) is 33.5. The van der Waals surface area contributed by atoms with Gasteiger partial charge in [-0.3, -0.25) is 0 Å². The van der Waals surface area contributed by atoms with Crippen LogP contribution in [0.3, 0.4) is 0 Å². The molecule has 1 nitrogen and oxygen atoms in total. The van der Waals surface area contributed by atoms with Crippen LogP contribution in [0, 0.1) is 0 Å². The second-order valence-electron chi connectivity index (χ2n) is 16.7. The van der Waals surface area contributed by atoms with E-state index < -0.39 is 0 Å². The molecule has 1 aliphatic rings. The Morgan fingerprint density at radius 2 is 1.00 bits per heavy atom. The maximum Gasteiger partial charge on any atom is 0.136 e. The van der Waals surface area contributed by atoms with E-state index in [2.05, 4.69) is 196 Å². The minimum absolute atomic E-state index is 0.168. The average molecular weight is 769 g/mol. The van der Waals surface area contributed by atoms with Gasteiger partial charge in [0.15, 0.2) is 0 Å². The highest BCUT2D eigenvalue weighted by atomic mass is 32.1. The molecule has 13 rings (SSSR count). The molecular formula is C57H36OS. The molecule has 0 saturated carbocycles. The fraction of sp³-hybridized carbons (Fsp3) is 0.0526. The van der Waals surface area contributed by atoms with Crippen LogP contribution in [-0.4, -0.2) is 0 Å². The van der Waals surface area contributed by atoms with E-state index in [-0.39, 0.29) is 5.41 Å². The van der Waals surface area contributed by atoms with Gasteiger partial charge in [-0.1, -0.05) is 159 Å².